The summed E-state index contributed by atoms with van der Waals surface area (Å²) in [6.07, 6.45) is 1.71. The lowest BCUT2D eigenvalue weighted by Gasteiger charge is -2.34. The molecular formula is C29H25N3O4. The van der Waals surface area contributed by atoms with Crippen molar-refractivity contribution in [3.8, 4) is 5.75 Å². The molecule has 2 fully saturated rings. The second kappa shape index (κ2) is 8.16. The molecule has 0 saturated carbocycles. The van der Waals surface area contributed by atoms with Gasteiger partial charge in [-0.15, -0.1) is 0 Å². The number of carbonyl (C=O) groups is 3. The average Bonchev–Trinajstić information content (AvgIpc) is 3.36. The Morgan fingerprint density at radius 3 is 2.36 bits per heavy atom. The van der Waals surface area contributed by atoms with Crippen molar-refractivity contribution in [2.45, 2.75) is 25.9 Å². The van der Waals surface area contributed by atoms with Gasteiger partial charge in [-0.3, -0.25) is 19.4 Å². The monoisotopic (exact) mass is 479 g/mol. The standard InChI is InChI=1S/C29H25N3O4/c1-16-8-13-22(17(2)14-16)31-28(34)23-24(29(31)35)26(27(33)18-9-11-20(36-3)12-10-18)32-25(23)21-7-5-4-6-19(21)15-30-32/h4-15,23-26H,1-3H3/t23-,24-,25-,26+/m1/s1. The maximum Gasteiger partial charge on any atom is 0.240 e. The number of aryl methyl sites for hydroxylation is 2. The Bertz CT molecular complexity index is 1450. The number of ether oxygens (including phenoxy) is 1. The van der Waals surface area contributed by atoms with Gasteiger partial charge in [0, 0.05) is 5.56 Å². The third kappa shape index (κ3) is 3.12. The normalized spacial score (nSPS) is 24.0. The summed E-state index contributed by atoms with van der Waals surface area (Å²) >= 11 is 0. The van der Waals surface area contributed by atoms with E-state index in [2.05, 4.69) is 5.10 Å². The van der Waals surface area contributed by atoms with E-state index in [1.54, 1.807) is 42.6 Å². The van der Waals surface area contributed by atoms with Gasteiger partial charge < -0.3 is 4.74 Å². The highest BCUT2D eigenvalue weighted by atomic mass is 16.5. The Labute approximate surface area is 209 Å². The van der Waals surface area contributed by atoms with Crippen LogP contribution in [0, 0.1) is 25.7 Å². The molecule has 3 aliphatic rings. The van der Waals surface area contributed by atoms with Crippen molar-refractivity contribution in [1.29, 1.82) is 0 Å². The van der Waals surface area contributed by atoms with Gasteiger partial charge in [0.2, 0.25) is 11.8 Å². The number of anilines is 1. The molecule has 0 aliphatic carbocycles. The van der Waals surface area contributed by atoms with Crippen molar-refractivity contribution in [2.24, 2.45) is 16.9 Å². The van der Waals surface area contributed by atoms with Gasteiger partial charge in [0.15, 0.2) is 5.78 Å². The van der Waals surface area contributed by atoms with Crippen LogP contribution in [0.4, 0.5) is 5.69 Å². The van der Waals surface area contributed by atoms with Crippen LogP contribution in [0.15, 0.2) is 71.8 Å². The fourth-order valence-electron chi connectivity index (χ4n) is 5.89. The molecule has 3 aliphatic heterocycles. The molecule has 0 aromatic heterocycles. The van der Waals surface area contributed by atoms with E-state index in [-0.39, 0.29) is 17.6 Å². The van der Waals surface area contributed by atoms with Gasteiger partial charge in [-0.05, 0) is 60.9 Å². The molecule has 0 spiro atoms. The Kier molecular flexibility index (Phi) is 5.03. The van der Waals surface area contributed by atoms with E-state index in [1.807, 2.05) is 56.3 Å². The summed E-state index contributed by atoms with van der Waals surface area (Å²) < 4.78 is 5.23. The number of carbonyl (C=O) groups excluding carboxylic acids is 3. The molecule has 0 bridgehead atoms. The number of hydrogen-bond donors (Lipinski definition) is 0. The number of amides is 2. The van der Waals surface area contributed by atoms with Crippen LogP contribution in [0.25, 0.3) is 0 Å². The fraction of sp³-hybridized carbons (Fsp3) is 0.241. The zero-order valence-electron chi connectivity index (χ0n) is 20.2. The lowest BCUT2D eigenvalue weighted by atomic mass is 9.83. The van der Waals surface area contributed by atoms with E-state index in [0.29, 0.717) is 17.0 Å². The molecule has 4 atom stereocenters. The summed E-state index contributed by atoms with van der Waals surface area (Å²) in [6.45, 7) is 3.86. The van der Waals surface area contributed by atoms with Gasteiger partial charge >= 0.3 is 0 Å². The van der Waals surface area contributed by atoms with Crippen LogP contribution >= 0.6 is 0 Å². The Hall–Kier alpha value is -4.26. The molecule has 3 heterocycles. The van der Waals surface area contributed by atoms with Crippen LogP contribution in [0.2, 0.25) is 0 Å². The average molecular weight is 480 g/mol. The maximum absolute atomic E-state index is 14.0. The predicted octanol–water partition coefficient (Wildman–Crippen LogP) is 4.07. The van der Waals surface area contributed by atoms with Crippen molar-refractivity contribution in [1.82, 2.24) is 5.01 Å². The zero-order chi connectivity index (χ0) is 25.1. The number of nitrogens with zero attached hydrogens (tertiary/aromatic N) is 3. The maximum atomic E-state index is 14.0. The summed E-state index contributed by atoms with van der Waals surface area (Å²) in [4.78, 5) is 43.2. The highest BCUT2D eigenvalue weighted by Crippen LogP contribution is 2.53. The minimum absolute atomic E-state index is 0.240. The van der Waals surface area contributed by atoms with E-state index in [1.165, 1.54) is 4.90 Å². The van der Waals surface area contributed by atoms with E-state index in [4.69, 9.17) is 4.74 Å². The third-order valence-corrected chi connectivity index (χ3v) is 7.53. The van der Waals surface area contributed by atoms with E-state index < -0.39 is 23.9 Å². The quantitative estimate of drug-likeness (QED) is 0.416. The lowest BCUT2D eigenvalue weighted by Crippen LogP contribution is -2.44. The molecule has 7 nitrogen and oxygen atoms in total. The topological polar surface area (TPSA) is 79.3 Å². The molecule has 0 radical (unpaired) electrons. The van der Waals surface area contributed by atoms with Gasteiger partial charge in [-0.25, -0.2) is 4.90 Å². The number of methoxy groups -OCH3 is 1. The molecule has 36 heavy (non-hydrogen) atoms. The summed E-state index contributed by atoms with van der Waals surface area (Å²) in [5.41, 5.74) is 4.69. The fourth-order valence-corrected chi connectivity index (χ4v) is 5.89. The molecule has 3 aromatic carbocycles. The predicted molar refractivity (Wildman–Crippen MR) is 135 cm³/mol. The number of benzene rings is 3. The Morgan fingerprint density at radius 2 is 1.64 bits per heavy atom. The van der Waals surface area contributed by atoms with Crippen molar-refractivity contribution in [3.05, 3.63) is 94.5 Å². The number of fused-ring (bicyclic) bond motifs is 5. The van der Waals surface area contributed by atoms with Gasteiger partial charge in [-0.2, -0.15) is 5.10 Å². The smallest absolute Gasteiger partial charge is 0.240 e. The van der Waals surface area contributed by atoms with Crippen LogP contribution in [0.3, 0.4) is 0 Å². The molecule has 0 unspecified atom stereocenters. The second-order valence-electron chi connectivity index (χ2n) is 9.59. The van der Waals surface area contributed by atoms with Crippen molar-refractivity contribution in [3.63, 3.8) is 0 Å². The first-order valence-electron chi connectivity index (χ1n) is 12.0. The highest BCUT2D eigenvalue weighted by Gasteiger charge is 2.65. The summed E-state index contributed by atoms with van der Waals surface area (Å²) in [6, 6.07) is 18.8. The second-order valence-corrected chi connectivity index (χ2v) is 9.59. The molecule has 3 aromatic rings. The third-order valence-electron chi connectivity index (χ3n) is 7.53. The summed E-state index contributed by atoms with van der Waals surface area (Å²) in [5, 5.41) is 6.29. The van der Waals surface area contributed by atoms with E-state index in [9.17, 15) is 14.4 Å². The number of Topliss-reactive ketones (excluding diaryl/α,β-unsaturated/α-hetero) is 1. The minimum Gasteiger partial charge on any atom is -0.497 e. The number of hydrogen-bond acceptors (Lipinski definition) is 6. The molecular weight excluding hydrogens is 454 g/mol. The molecule has 2 amide bonds. The minimum atomic E-state index is -0.898. The van der Waals surface area contributed by atoms with Crippen LogP contribution in [0.1, 0.15) is 38.7 Å². The molecule has 0 N–H and O–H groups in total. The van der Waals surface area contributed by atoms with Crippen LogP contribution < -0.4 is 9.64 Å². The van der Waals surface area contributed by atoms with Crippen molar-refractivity contribution < 1.29 is 19.1 Å². The Morgan fingerprint density at radius 1 is 0.917 bits per heavy atom. The van der Waals surface area contributed by atoms with E-state index in [0.717, 1.165) is 22.3 Å². The first-order chi connectivity index (χ1) is 17.4. The molecule has 2 saturated heterocycles. The number of hydrazone groups is 1. The van der Waals surface area contributed by atoms with Crippen molar-refractivity contribution >= 4 is 29.5 Å². The molecule has 180 valence electrons. The van der Waals surface area contributed by atoms with Gasteiger partial charge in [0.1, 0.15) is 11.8 Å². The van der Waals surface area contributed by atoms with Crippen LogP contribution in [-0.2, 0) is 9.59 Å². The zero-order valence-corrected chi connectivity index (χ0v) is 20.2. The molecule has 7 heteroatoms. The SMILES string of the molecule is COc1ccc(C(=O)[C@@H]2[C@@H]3C(=O)N(c4ccc(C)cc4C)C(=O)[C@H]3[C@H]3c4ccccc4C=NN23)cc1. The van der Waals surface area contributed by atoms with Gasteiger partial charge in [0.25, 0.3) is 0 Å². The Balaban J connectivity index is 1.49. The number of ketones is 1. The largest absolute Gasteiger partial charge is 0.497 e. The summed E-state index contributed by atoms with van der Waals surface area (Å²) in [7, 11) is 1.56. The van der Waals surface area contributed by atoms with Crippen molar-refractivity contribution in [2.75, 3.05) is 12.0 Å². The lowest BCUT2D eigenvalue weighted by molar-refractivity contribution is -0.124. The first-order valence-corrected chi connectivity index (χ1v) is 12.0. The molecule has 6 rings (SSSR count). The summed E-state index contributed by atoms with van der Waals surface area (Å²) in [5.74, 6) is -1.82. The van der Waals surface area contributed by atoms with Crippen LogP contribution in [-0.4, -0.2) is 42.0 Å². The highest BCUT2D eigenvalue weighted by molar-refractivity contribution is 6.25. The van der Waals surface area contributed by atoms with Gasteiger partial charge in [0.05, 0.1) is 36.9 Å². The van der Waals surface area contributed by atoms with Crippen LogP contribution in [0.5, 0.6) is 5.75 Å². The van der Waals surface area contributed by atoms with Gasteiger partial charge in [-0.1, -0.05) is 42.0 Å². The first kappa shape index (κ1) is 22.2. The number of imide groups is 1. The van der Waals surface area contributed by atoms with E-state index >= 15 is 0 Å². The number of rotatable bonds is 4.